The Morgan fingerprint density at radius 1 is 1.35 bits per heavy atom. The van der Waals surface area contributed by atoms with E-state index in [1.807, 2.05) is 16.3 Å². The molecule has 1 aromatic rings. The summed E-state index contributed by atoms with van der Waals surface area (Å²) < 4.78 is 0. The van der Waals surface area contributed by atoms with Crippen molar-refractivity contribution in [3.05, 3.63) is 21.9 Å². The molecule has 2 aliphatic heterocycles. The summed E-state index contributed by atoms with van der Waals surface area (Å²) in [6, 6.07) is 2.25. The summed E-state index contributed by atoms with van der Waals surface area (Å²) >= 11 is 1.40. The number of aliphatic hydroxyl groups is 1. The van der Waals surface area contributed by atoms with Gasteiger partial charge in [-0.15, -0.1) is 11.3 Å². The van der Waals surface area contributed by atoms with Crippen molar-refractivity contribution in [3.8, 4) is 0 Å². The first-order chi connectivity index (χ1) is 9.54. The van der Waals surface area contributed by atoms with Crippen LogP contribution < -0.4 is 0 Å². The van der Waals surface area contributed by atoms with Crippen molar-refractivity contribution in [2.75, 3.05) is 0 Å². The zero-order valence-electron chi connectivity index (χ0n) is 11.5. The van der Waals surface area contributed by atoms with E-state index in [4.69, 9.17) is 0 Å². The molecule has 0 radical (unpaired) electrons. The standard InChI is InChI=1S/C15H19NO3S/c1-9(17)14-4-10(8-20-14)5-15(19)16-11-2-3-12(16)7-13(18)6-11/h4,8,11-13,18H,2-3,5-7H2,1H3/t11-,12+,13?. The van der Waals surface area contributed by atoms with Crippen LogP contribution in [0, 0.1) is 0 Å². The number of piperidine rings is 1. The number of carbonyl (C=O) groups excluding carboxylic acids is 2. The summed E-state index contributed by atoms with van der Waals surface area (Å²) in [7, 11) is 0. The molecule has 1 aromatic heterocycles. The largest absolute Gasteiger partial charge is 0.393 e. The molecule has 3 heterocycles. The van der Waals surface area contributed by atoms with Crippen molar-refractivity contribution in [1.29, 1.82) is 0 Å². The fourth-order valence-electron chi connectivity index (χ4n) is 3.47. The first-order valence-corrected chi connectivity index (χ1v) is 8.00. The van der Waals surface area contributed by atoms with E-state index in [0.717, 1.165) is 18.4 Å². The zero-order chi connectivity index (χ0) is 14.3. The highest BCUT2D eigenvalue weighted by molar-refractivity contribution is 7.12. The number of fused-ring (bicyclic) bond motifs is 2. The average molecular weight is 293 g/mol. The molecule has 1 amide bonds. The van der Waals surface area contributed by atoms with Crippen molar-refractivity contribution >= 4 is 23.0 Å². The van der Waals surface area contributed by atoms with Crippen LogP contribution in [0.4, 0.5) is 0 Å². The van der Waals surface area contributed by atoms with Crippen molar-refractivity contribution in [1.82, 2.24) is 4.90 Å². The Bertz CT molecular complexity index is 525. The summed E-state index contributed by atoms with van der Waals surface area (Å²) in [6.07, 6.45) is 3.56. The summed E-state index contributed by atoms with van der Waals surface area (Å²) in [4.78, 5) is 26.5. The highest BCUT2D eigenvalue weighted by atomic mass is 32.1. The van der Waals surface area contributed by atoms with Crippen LogP contribution in [0.3, 0.4) is 0 Å². The zero-order valence-corrected chi connectivity index (χ0v) is 12.4. The molecule has 108 valence electrons. The number of rotatable bonds is 3. The predicted octanol–water partition coefficient (Wildman–Crippen LogP) is 2.01. The van der Waals surface area contributed by atoms with Gasteiger partial charge in [-0.3, -0.25) is 9.59 Å². The third-order valence-corrected chi connectivity index (χ3v) is 5.43. The smallest absolute Gasteiger partial charge is 0.227 e. The summed E-state index contributed by atoms with van der Waals surface area (Å²) in [6.45, 7) is 1.55. The van der Waals surface area contributed by atoms with E-state index in [1.165, 1.54) is 11.3 Å². The van der Waals surface area contributed by atoms with E-state index in [2.05, 4.69) is 0 Å². The molecule has 0 saturated carbocycles. The highest BCUT2D eigenvalue weighted by Crippen LogP contribution is 2.36. The van der Waals surface area contributed by atoms with Gasteiger partial charge in [-0.2, -0.15) is 0 Å². The van der Waals surface area contributed by atoms with E-state index in [0.29, 0.717) is 24.1 Å². The highest BCUT2D eigenvalue weighted by Gasteiger charge is 2.42. The third kappa shape index (κ3) is 2.52. The lowest BCUT2D eigenvalue weighted by Gasteiger charge is -2.37. The predicted molar refractivity (Wildman–Crippen MR) is 76.9 cm³/mol. The topological polar surface area (TPSA) is 57.6 Å². The van der Waals surface area contributed by atoms with Gasteiger partial charge in [0.15, 0.2) is 5.78 Å². The Labute approximate surface area is 122 Å². The SMILES string of the molecule is CC(=O)c1cc(CC(=O)N2[C@@H]3CC[C@H]2CC(O)C3)cs1. The molecule has 1 unspecified atom stereocenters. The van der Waals surface area contributed by atoms with Gasteiger partial charge >= 0.3 is 0 Å². The van der Waals surface area contributed by atoms with Crippen LogP contribution in [0.5, 0.6) is 0 Å². The van der Waals surface area contributed by atoms with Crippen molar-refractivity contribution < 1.29 is 14.7 Å². The second kappa shape index (κ2) is 5.30. The van der Waals surface area contributed by atoms with Crippen LogP contribution >= 0.6 is 11.3 Å². The molecule has 0 spiro atoms. The quantitative estimate of drug-likeness (QED) is 0.867. The van der Waals surface area contributed by atoms with Crippen molar-refractivity contribution in [2.45, 2.75) is 57.2 Å². The van der Waals surface area contributed by atoms with Gasteiger partial charge in [0.25, 0.3) is 0 Å². The molecule has 1 N–H and O–H groups in total. The van der Waals surface area contributed by atoms with E-state index in [-0.39, 0.29) is 29.9 Å². The molecule has 3 rings (SSSR count). The number of ketones is 1. The van der Waals surface area contributed by atoms with E-state index in [1.54, 1.807) is 6.92 Å². The Morgan fingerprint density at radius 2 is 2.00 bits per heavy atom. The summed E-state index contributed by atoms with van der Waals surface area (Å²) in [5.41, 5.74) is 0.927. The van der Waals surface area contributed by atoms with Crippen LogP contribution in [0.15, 0.2) is 11.4 Å². The van der Waals surface area contributed by atoms with Gasteiger partial charge in [0, 0.05) is 12.1 Å². The first kappa shape index (κ1) is 13.8. The second-order valence-electron chi connectivity index (χ2n) is 5.86. The van der Waals surface area contributed by atoms with Crippen LogP contribution in [-0.4, -0.2) is 39.9 Å². The van der Waals surface area contributed by atoms with Crippen LogP contribution in [0.2, 0.25) is 0 Å². The minimum Gasteiger partial charge on any atom is -0.393 e. The van der Waals surface area contributed by atoms with Gasteiger partial charge in [-0.25, -0.2) is 0 Å². The number of Topliss-reactive ketones (excluding diaryl/α,β-unsaturated/α-hetero) is 1. The van der Waals surface area contributed by atoms with Gasteiger partial charge in [-0.1, -0.05) is 0 Å². The number of carbonyl (C=O) groups is 2. The number of aliphatic hydroxyl groups excluding tert-OH is 1. The molecule has 2 bridgehead atoms. The maximum absolute atomic E-state index is 12.5. The average Bonchev–Trinajstić information content (AvgIpc) is 2.93. The summed E-state index contributed by atoms with van der Waals surface area (Å²) in [5.74, 6) is 0.187. The maximum Gasteiger partial charge on any atom is 0.227 e. The molecular weight excluding hydrogens is 274 g/mol. The monoisotopic (exact) mass is 293 g/mol. The lowest BCUT2D eigenvalue weighted by molar-refractivity contribution is -0.136. The Kier molecular flexibility index (Phi) is 3.65. The minimum absolute atomic E-state index is 0.0508. The van der Waals surface area contributed by atoms with Gasteiger partial charge in [0.1, 0.15) is 0 Å². The number of hydrogen-bond donors (Lipinski definition) is 1. The van der Waals surface area contributed by atoms with Gasteiger partial charge < -0.3 is 10.0 Å². The van der Waals surface area contributed by atoms with Crippen LogP contribution in [0.25, 0.3) is 0 Å². The first-order valence-electron chi connectivity index (χ1n) is 7.12. The fourth-order valence-corrected chi connectivity index (χ4v) is 4.29. The lowest BCUT2D eigenvalue weighted by Crippen LogP contribution is -2.48. The maximum atomic E-state index is 12.5. The lowest BCUT2D eigenvalue weighted by atomic mass is 9.99. The molecule has 2 fully saturated rings. The Balaban J connectivity index is 1.69. The van der Waals surface area contributed by atoms with Gasteiger partial charge in [0.05, 0.1) is 17.4 Å². The number of hydrogen-bond acceptors (Lipinski definition) is 4. The Hall–Kier alpha value is -1.20. The minimum atomic E-state index is -0.248. The molecular formula is C15H19NO3S. The van der Waals surface area contributed by atoms with E-state index >= 15 is 0 Å². The van der Waals surface area contributed by atoms with E-state index < -0.39 is 0 Å². The second-order valence-corrected chi connectivity index (χ2v) is 6.77. The molecule has 0 aromatic carbocycles. The number of nitrogens with zero attached hydrogens (tertiary/aromatic N) is 1. The Morgan fingerprint density at radius 3 is 2.55 bits per heavy atom. The van der Waals surface area contributed by atoms with Crippen molar-refractivity contribution in [2.24, 2.45) is 0 Å². The van der Waals surface area contributed by atoms with Crippen LogP contribution in [0.1, 0.15) is 47.8 Å². The molecule has 3 atom stereocenters. The van der Waals surface area contributed by atoms with Gasteiger partial charge in [0.2, 0.25) is 5.91 Å². The molecule has 2 aliphatic rings. The van der Waals surface area contributed by atoms with Gasteiger partial charge in [-0.05, 0) is 49.6 Å². The molecule has 0 aliphatic carbocycles. The summed E-state index contributed by atoms with van der Waals surface area (Å²) in [5, 5.41) is 11.7. The molecule has 20 heavy (non-hydrogen) atoms. The van der Waals surface area contributed by atoms with Crippen LogP contribution in [-0.2, 0) is 11.2 Å². The normalized spacial score (nSPS) is 28.7. The number of amides is 1. The molecule has 5 heteroatoms. The molecule has 2 saturated heterocycles. The van der Waals surface area contributed by atoms with Crippen molar-refractivity contribution in [3.63, 3.8) is 0 Å². The number of thiophene rings is 1. The van der Waals surface area contributed by atoms with E-state index in [9.17, 15) is 14.7 Å². The molecule has 4 nitrogen and oxygen atoms in total. The fraction of sp³-hybridized carbons (Fsp3) is 0.600. The third-order valence-electron chi connectivity index (χ3n) is 4.35.